The van der Waals surface area contributed by atoms with Crippen molar-refractivity contribution in [3.05, 3.63) is 41.6 Å². The number of carbonyl (C=O) groups is 1. The molecule has 3 atom stereocenters. The van der Waals surface area contributed by atoms with Crippen LogP contribution in [0.2, 0.25) is 0 Å². The summed E-state index contributed by atoms with van der Waals surface area (Å²) in [5.74, 6) is 0.500. The van der Waals surface area contributed by atoms with Crippen molar-refractivity contribution in [2.75, 3.05) is 18.1 Å². The highest BCUT2D eigenvalue weighted by Gasteiger charge is 2.41. The van der Waals surface area contributed by atoms with Crippen molar-refractivity contribution in [1.82, 2.24) is 24.9 Å². The van der Waals surface area contributed by atoms with E-state index in [2.05, 4.69) is 20.3 Å². The van der Waals surface area contributed by atoms with Gasteiger partial charge in [-0.2, -0.15) is 5.10 Å². The van der Waals surface area contributed by atoms with E-state index >= 15 is 0 Å². The minimum Gasteiger partial charge on any atom is -0.483 e. The van der Waals surface area contributed by atoms with E-state index in [9.17, 15) is 14.3 Å². The molecule has 6 rings (SSSR count). The Balaban J connectivity index is 1.53. The van der Waals surface area contributed by atoms with Crippen LogP contribution in [0.5, 0.6) is 11.6 Å². The topological polar surface area (TPSA) is 114 Å². The van der Waals surface area contributed by atoms with E-state index in [-0.39, 0.29) is 31.2 Å². The van der Waals surface area contributed by atoms with Gasteiger partial charge in [0.1, 0.15) is 30.2 Å². The number of amides is 1. The second kappa shape index (κ2) is 7.30. The number of aromatic nitrogens is 4. The number of anilines is 1. The van der Waals surface area contributed by atoms with Gasteiger partial charge in [-0.15, -0.1) is 0 Å². The van der Waals surface area contributed by atoms with Gasteiger partial charge in [0.05, 0.1) is 31.2 Å². The Morgan fingerprint density at radius 1 is 1.28 bits per heavy atom. The number of hydrogen-bond acceptors (Lipinski definition) is 8. The van der Waals surface area contributed by atoms with Crippen LogP contribution in [0.25, 0.3) is 5.65 Å². The first kappa shape index (κ1) is 19.2. The Labute approximate surface area is 182 Å². The normalized spacial score (nSPS) is 24.9. The fraction of sp³-hybridized carbons (Fsp3) is 0.429. The molecule has 0 saturated heterocycles. The summed E-state index contributed by atoms with van der Waals surface area (Å²) in [4.78, 5) is 23.7. The number of carbonyl (C=O) groups excluding carboxylic acids is 1. The Hall–Kier alpha value is -3.47. The molecule has 0 radical (unpaired) electrons. The molecule has 3 aromatic rings. The lowest BCUT2D eigenvalue weighted by atomic mass is 10.1. The van der Waals surface area contributed by atoms with E-state index in [1.54, 1.807) is 6.20 Å². The molecular weight excluding hydrogens is 419 g/mol. The van der Waals surface area contributed by atoms with E-state index in [4.69, 9.17) is 14.5 Å². The van der Waals surface area contributed by atoms with Crippen LogP contribution in [0.4, 0.5) is 10.2 Å². The van der Waals surface area contributed by atoms with Crippen LogP contribution in [-0.2, 0) is 6.54 Å². The third kappa shape index (κ3) is 3.11. The molecule has 11 heteroatoms. The lowest BCUT2D eigenvalue weighted by Crippen LogP contribution is -2.47. The number of β-amino-alcohol motifs (C(OH)–C–C–N with tert-alkyl or cyclic N) is 1. The molecule has 0 unspecified atom stereocenters. The van der Waals surface area contributed by atoms with Gasteiger partial charge >= 0.3 is 0 Å². The largest absolute Gasteiger partial charge is 0.483 e. The quantitative estimate of drug-likeness (QED) is 0.534. The molecule has 0 spiro atoms. The summed E-state index contributed by atoms with van der Waals surface area (Å²) in [6.07, 6.45) is 6.07. The number of hydrogen-bond donors (Lipinski definition) is 2. The fourth-order valence-electron chi connectivity index (χ4n) is 4.68. The van der Waals surface area contributed by atoms with E-state index in [0.29, 0.717) is 34.9 Å². The van der Waals surface area contributed by atoms with Gasteiger partial charge in [-0.25, -0.2) is 18.9 Å². The van der Waals surface area contributed by atoms with Crippen molar-refractivity contribution in [3.63, 3.8) is 0 Å². The van der Waals surface area contributed by atoms with Gasteiger partial charge in [-0.3, -0.25) is 4.79 Å². The first-order valence-electron chi connectivity index (χ1n) is 10.6. The van der Waals surface area contributed by atoms with E-state index in [1.165, 1.54) is 16.8 Å². The number of aliphatic hydroxyl groups excluding tert-OH is 1. The zero-order valence-electron chi connectivity index (χ0n) is 17.1. The number of nitrogens with zero attached hydrogens (tertiary/aromatic N) is 5. The molecule has 10 nitrogen and oxygen atoms in total. The van der Waals surface area contributed by atoms with Crippen molar-refractivity contribution in [2.45, 2.75) is 44.1 Å². The van der Waals surface area contributed by atoms with Crippen LogP contribution in [0.3, 0.4) is 0 Å². The van der Waals surface area contributed by atoms with Gasteiger partial charge in [-0.1, -0.05) is 0 Å². The summed E-state index contributed by atoms with van der Waals surface area (Å²) in [7, 11) is 0. The van der Waals surface area contributed by atoms with Gasteiger partial charge in [0.15, 0.2) is 17.2 Å². The van der Waals surface area contributed by atoms with Gasteiger partial charge < -0.3 is 24.8 Å². The minimum atomic E-state index is -0.971. The lowest BCUT2D eigenvalue weighted by Gasteiger charge is -2.39. The molecule has 2 bridgehead atoms. The summed E-state index contributed by atoms with van der Waals surface area (Å²) in [6, 6.07) is 1.44. The van der Waals surface area contributed by atoms with E-state index in [1.807, 2.05) is 0 Å². The third-order valence-corrected chi connectivity index (χ3v) is 6.20. The SMILES string of the molecule is O=C1NC[C@@H](O)COc2ncc(F)cc2CN2c3nc4c1cnn4cc3O[C@H]1CCC[C@H]12. The molecule has 5 heterocycles. The highest BCUT2D eigenvalue weighted by molar-refractivity contribution is 5.99. The number of aliphatic hydroxyl groups is 1. The standard InChI is InChI=1S/C21H21FN6O4/c22-12-4-11-8-27-15-2-1-3-16(15)32-17-9-28-18(26-19(17)27)14(7-25-28)20(30)23-6-13(29)10-31-21(11)24-5-12/h4-5,7,9,13,15-16,29H,1-3,6,8,10H2,(H,23,30)/t13-,15-,16+/m1/s1. The molecule has 3 aromatic heterocycles. The average Bonchev–Trinajstić information content (AvgIpc) is 3.41. The molecule has 0 aromatic carbocycles. The highest BCUT2D eigenvalue weighted by Crippen LogP contribution is 2.42. The number of fused-ring (bicyclic) bond motifs is 3. The van der Waals surface area contributed by atoms with Gasteiger partial charge in [0.2, 0.25) is 5.88 Å². The van der Waals surface area contributed by atoms with Crippen molar-refractivity contribution < 1.29 is 23.8 Å². The van der Waals surface area contributed by atoms with Crippen LogP contribution in [0.1, 0.15) is 35.2 Å². The first-order chi connectivity index (χ1) is 15.6. The number of ether oxygens (including phenoxy) is 2. The van der Waals surface area contributed by atoms with E-state index in [0.717, 1.165) is 25.5 Å². The number of nitrogens with one attached hydrogen (secondary N) is 1. The first-order valence-corrected chi connectivity index (χ1v) is 10.6. The Morgan fingerprint density at radius 3 is 3.09 bits per heavy atom. The highest BCUT2D eigenvalue weighted by atomic mass is 19.1. The predicted octanol–water partition coefficient (Wildman–Crippen LogP) is 1.07. The Bertz CT molecular complexity index is 1220. The summed E-state index contributed by atoms with van der Waals surface area (Å²) < 4.78 is 27.6. The van der Waals surface area contributed by atoms with E-state index < -0.39 is 17.8 Å². The smallest absolute Gasteiger partial charge is 0.256 e. The second-order valence-corrected chi connectivity index (χ2v) is 8.33. The molecule has 1 fully saturated rings. The van der Waals surface area contributed by atoms with Gasteiger partial charge in [-0.05, 0) is 25.3 Å². The second-order valence-electron chi connectivity index (χ2n) is 8.33. The fourth-order valence-corrected chi connectivity index (χ4v) is 4.68. The van der Waals surface area contributed by atoms with Crippen molar-refractivity contribution in [1.29, 1.82) is 0 Å². The zero-order chi connectivity index (χ0) is 21.8. The van der Waals surface area contributed by atoms with Crippen LogP contribution >= 0.6 is 0 Å². The summed E-state index contributed by atoms with van der Waals surface area (Å²) in [5, 5.41) is 17.2. The molecule has 2 aliphatic heterocycles. The number of pyridine rings is 1. The van der Waals surface area contributed by atoms with Crippen molar-refractivity contribution >= 4 is 17.4 Å². The maximum Gasteiger partial charge on any atom is 0.256 e. The Kier molecular flexibility index (Phi) is 4.39. The molecule has 2 N–H and O–H groups in total. The number of rotatable bonds is 0. The Morgan fingerprint density at radius 2 is 2.19 bits per heavy atom. The average molecular weight is 440 g/mol. The monoisotopic (exact) mass is 440 g/mol. The van der Waals surface area contributed by atoms with Gasteiger partial charge in [0, 0.05) is 12.1 Å². The van der Waals surface area contributed by atoms with Crippen LogP contribution in [-0.4, -0.2) is 62.0 Å². The molecular formula is C21H21FN6O4. The summed E-state index contributed by atoms with van der Waals surface area (Å²) in [6.45, 7) is 0.169. The molecule has 1 amide bonds. The van der Waals surface area contributed by atoms with Crippen LogP contribution in [0, 0.1) is 5.82 Å². The van der Waals surface area contributed by atoms with Crippen LogP contribution < -0.4 is 19.7 Å². The zero-order valence-corrected chi connectivity index (χ0v) is 17.1. The molecule has 1 saturated carbocycles. The number of halogens is 1. The molecule has 1 aliphatic carbocycles. The lowest BCUT2D eigenvalue weighted by molar-refractivity contribution is 0.0835. The van der Waals surface area contributed by atoms with Crippen LogP contribution in [0.15, 0.2) is 24.7 Å². The third-order valence-electron chi connectivity index (χ3n) is 6.20. The van der Waals surface area contributed by atoms with Crippen molar-refractivity contribution in [2.24, 2.45) is 0 Å². The van der Waals surface area contributed by atoms with Gasteiger partial charge in [0.25, 0.3) is 5.91 Å². The maximum atomic E-state index is 14.1. The molecule has 32 heavy (non-hydrogen) atoms. The maximum absolute atomic E-state index is 14.1. The molecule has 166 valence electrons. The summed E-state index contributed by atoms with van der Waals surface area (Å²) >= 11 is 0. The minimum absolute atomic E-state index is 0.0216. The predicted molar refractivity (Wildman–Crippen MR) is 109 cm³/mol. The summed E-state index contributed by atoms with van der Waals surface area (Å²) in [5.41, 5.74) is 1.22. The molecule has 3 aliphatic rings. The van der Waals surface area contributed by atoms with Crippen molar-refractivity contribution in [3.8, 4) is 11.6 Å².